The first kappa shape index (κ1) is 13.4. The molecule has 0 atom stereocenters. The van der Waals surface area contributed by atoms with Gasteiger partial charge in [-0.15, -0.1) is 12.4 Å². The molecular formula is C16H11ClN2O2. The van der Waals surface area contributed by atoms with E-state index in [4.69, 9.17) is 5.11 Å². The Hall–Kier alpha value is -2.59. The third-order valence-electron chi connectivity index (χ3n) is 3.60. The van der Waals surface area contributed by atoms with E-state index >= 15 is 0 Å². The summed E-state index contributed by atoms with van der Waals surface area (Å²) >= 11 is 0. The molecule has 2 N–H and O–H groups in total. The molecule has 0 aliphatic rings. The zero-order chi connectivity index (χ0) is 13.7. The minimum atomic E-state index is -0.932. The third-order valence-corrected chi connectivity index (χ3v) is 3.60. The molecule has 0 saturated heterocycles. The molecule has 2 aromatic carbocycles. The molecule has 0 radical (unpaired) electrons. The van der Waals surface area contributed by atoms with Gasteiger partial charge in [0.25, 0.3) is 0 Å². The van der Waals surface area contributed by atoms with Gasteiger partial charge in [-0.25, -0.2) is 4.79 Å². The van der Waals surface area contributed by atoms with Crippen molar-refractivity contribution in [3.8, 4) is 0 Å². The van der Waals surface area contributed by atoms with Crippen molar-refractivity contribution in [3.05, 3.63) is 54.4 Å². The van der Waals surface area contributed by atoms with Crippen LogP contribution < -0.4 is 0 Å². The van der Waals surface area contributed by atoms with E-state index in [1.807, 2.05) is 24.3 Å². The maximum atomic E-state index is 11.0. The normalized spacial score (nSPS) is 10.9. The van der Waals surface area contributed by atoms with Crippen molar-refractivity contribution in [1.29, 1.82) is 0 Å². The average molecular weight is 299 g/mol. The summed E-state index contributed by atoms with van der Waals surface area (Å²) in [5, 5.41) is 13.2. The lowest BCUT2D eigenvalue weighted by Gasteiger charge is -2.05. The van der Waals surface area contributed by atoms with Crippen LogP contribution in [0.3, 0.4) is 0 Å². The Morgan fingerprint density at radius 2 is 1.86 bits per heavy atom. The Morgan fingerprint density at radius 1 is 1.05 bits per heavy atom. The summed E-state index contributed by atoms with van der Waals surface area (Å²) in [6.07, 6.45) is 3.32. The number of hydrogen-bond acceptors (Lipinski definition) is 2. The molecule has 0 bridgehead atoms. The van der Waals surface area contributed by atoms with E-state index in [2.05, 4.69) is 16.0 Å². The molecule has 4 rings (SSSR count). The fourth-order valence-corrected chi connectivity index (χ4v) is 2.60. The Bertz CT molecular complexity index is 991. The highest BCUT2D eigenvalue weighted by atomic mass is 35.5. The summed E-state index contributed by atoms with van der Waals surface area (Å²) < 4.78 is 0. The summed E-state index contributed by atoms with van der Waals surface area (Å²) in [5.74, 6) is -0.932. The summed E-state index contributed by atoms with van der Waals surface area (Å²) in [7, 11) is 0. The number of nitrogens with zero attached hydrogens (tertiary/aromatic N) is 1. The van der Waals surface area contributed by atoms with Gasteiger partial charge in [-0.05, 0) is 35.0 Å². The van der Waals surface area contributed by atoms with Crippen LogP contribution >= 0.6 is 12.4 Å². The van der Waals surface area contributed by atoms with E-state index < -0.39 is 5.97 Å². The van der Waals surface area contributed by atoms with Crippen LogP contribution in [0.1, 0.15) is 10.4 Å². The van der Waals surface area contributed by atoms with Crippen LogP contribution in [0.25, 0.3) is 32.6 Å². The van der Waals surface area contributed by atoms with Gasteiger partial charge in [0.1, 0.15) is 0 Å². The van der Waals surface area contributed by atoms with Crippen molar-refractivity contribution >= 4 is 51.0 Å². The van der Waals surface area contributed by atoms with E-state index in [-0.39, 0.29) is 18.0 Å². The van der Waals surface area contributed by atoms with Gasteiger partial charge in [0.05, 0.1) is 16.6 Å². The number of nitrogens with one attached hydrogen (secondary N) is 1. The van der Waals surface area contributed by atoms with Gasteiger partial charge < -0.3 is 10.1 Å². The fraction of sp³-hybridized carbons (Fsp3) is 0. The molecule has 2 heterocycles. The largest absolute Gasteiger partial charge is 0.478 e. The molecular weight excluding hydrogens is 288 g/mol. The molecule has 4 aromatic rings. The molecule has 0 spiro atoms. The maximum Gasteiger partial charge on any atom is 0.337 e. The first-order chi connectivity index (χ1) is 9.72. The molecule has 21 heavy (non-hydrogen) atoms. The van der Waals surface area contributed by atoms with Crippen LogP contribution in [0.15, 0.2) is 48.8 Å². The quantitative estimate of drug-likeness (QED) is 0.522. The molecule has 2 aromatic heterocycles. The van der Waals surface area contributed by atoms with Gasteiger partial charge in [0.15, 0.2) is 0 Å². The molecule has 0 fully saturated rings. The molecule has 0 saturated carbocycles. The summed E-state index contributed by atoms with van der Waals surface area (Å²) in [5.41, 5.74) is 2.17. The second-order valence-corrected chi connectivity index (χ2v) is 4.80. The number of aromatic amines is 1. The highest BCUT2D eigenvalue weighted by molar-refractivity contribution is 6.10. The van der Waals surface area contributed by atoms with Crippen molar-refractivity contribution in [1.82, 2.24) is 9.97 Å². The van der Waals surface area contributed by atoms with Crippen molar-refractivity contribution in [2.75, 3.05) is 0 Å². The molecule has 4 nitrogen and oxygen atoms in total. The number of carbonyl (C=O) groups is 1. The van der Waals surface area contributed by atoms with Crippen molar-refractivity contribution in [2.24, 2.45) is 0 Å². The van der Waals surface area contributed by atoms with Crippen molar-refractivity contribution in [2.45, 2.75) is 0 Å². The van der Waals surface area contributed by atoms with Gasteiger partial charge in [0, 0.05) is 23.2 Å². The first-order valence-corrected chi connectivity index (χ1v) is 6.25. The minimum Gasteiger partial charge on any atom is -0.478 e. The predicted octanol–water partition coefficient (Wildman–Crippen LogP) is 3.99. The number of fused-ring (bicyclic) bond motifs is 4. The number of carboxylic acids is 1. The SMILES string of the molecule is Cl.O=C(O)c1c[nH]c2c(ccc3cc4nccc4cc32)c1. The maximum absolute atomic E-state index is 11.0. The average Bonchev–Trinajstić information content (AvgIpc) is 2.91. The summed E-state index contributed by atoms with van der Waals surface area (Å²) in [4.78, 5) is 18.4. The Balaban J connectivity index is 0.00000132. The number of rotatable bonds is 1. The number of halogens is 1. The Kier molecular flexibility index (Phi) is 3.03. The molecule has 104 valence electrons. The van der Waals surface area contributed by atoms with Crippen LogP contribution in [0, 0.1) is 0 Å². The topological polar surface area (TPSA) is 66.0 Å². The minimum absolute atomic E-state index is 0. The number of aromatic carboxylic acids is 1. The molecule has 0 amide bonds. The van der Waals surface area contributed by atoms with Crippen LogP contribution in [0.4, 0.5) is 0 Å². The van der Waals surface area contributed by atoms with Crippen LogP contribution in [0.2, 0.25) is 0 Å². The second-order valence-electron chi connectivity index (χ2n) is 4.80. The molecule has 5 heteroatoms. The van der Waals surface area contributed by atoms with E-state index in [1.54, 1.807) is 12.3 Å². The number of benzene rings is 2. The van der Waals surface area contributed by atoms with Crippen LogP contribution in [0.5, 0.6) is 0 Å². The number of H-pyrrole nitrogens is 1. The van der Waals surface area contributed by atoms with E-state index in [0.29, 0.717) is 0 Å². The fourth-order valence-electron chi connectivity index (χ4n) is 2.60. The molecule has 0 aliphatic heterocycles. The predicted molar refractivity (Wildman–Crippen MR) is 85.3 cm³/mol. The van der Waals surface area contributed by atoms with Gasteiger partial charge >= 0.3 is 5.97 Å². The third kappa shape index (κ3) is 2.00. The van der Waals surface area contributed by atoms with E-state index in [1.165, 1.54) is 6.20 Å². The van der Waals surface area contributed by atoms with Gasteiger partial charge in [-0.3, -0.25) is 4.98 Å². The Labute approximate surface area is 125 Å². The van der Waals surface area contributed by atoms with Gasteiger partial charge in [-0.1, -0.05) is 12.1 Å². The highest BCUT2D eigenvalue weighted by Crippen LogP contribution is 2.28. The molecule has 0 unspecified atom stereocenters. The molecule has 0 aliphatic carbocycles. The van der Waals surface area contributed by atoms with Crippen molar-refractivity contribution < 1.29 is 9.90 Å². The number of pyridine rings is 1. The van der Waals surface area contributed by atoms with Gasteiger partial charge in [0.2, 0.25) is 0 Å². The summed E-state index contributed by atoms with van der Waals surface area (Å²) in [6.45, 7) is 0. The van der Waals surface area contributed by atoms with Gasteiger partial charge in [-0.2, -0.15) is 0 Å². The van der Waals surface area contributed by atoms with E-state index in [0.717, 1.165) is 32.6 Å². The number of aromatic nitrogens is 2. The highest BCUT2D eigenvalue weighted by Gasteiger charge is 2.07. The standard InChI is InChI=1S/C16H10N2O2.ClH/c19-16(20)12-5-11-2-1-9-7-14-10(3-4-17-14)6-13(9)15(11)18-8-12;/h1-8,18H,(H,19,20);1H. The lowest BCUT2D eigenvalue weighted by molar-refractivity contribution is 0.0696. The second kappa shape index (κ2) is 4.75. The number of hydrogen-bond donors (Lipinski definition) is 2. The van der Waals surface area contributed by atoms with Crippen LogP contribution in [-0.2, 0) is 0 Å². The Morgan fingerprint density at radius 3 is 2.67 bits per heavy atom. The van der Waals surface area contributed by atoms with Crippen molar-refractivity contribution in [3.63, 3.8) is 0 Å². The zero-order valence-electron chi connectivity index (χ0n) is 10.8. The lowest BCUT2D eigenvalue weighted by atomic mass is 10.0. The van der Waals surface area contributed by atoms with E-state index in [9.17, 15) is 4.79 Å². The monoisotopic (exact) mass is 298 g/mol. The smallest absolute Gasteiger partial charge is 0.337 e. The zero-order valence-corrected chi connectivity index (χ0v) is 11.6. The lowest BCUT2D eigenvalue weighted by Crippen LogP contribution is -1.97. The first-order valence-electron chi connectivity index (χ1n) is 6.25. The summed E-state index contributed by atoms with van der Waals surface area (Å²) in [6, 6.07) is 11.7. The number of carboxylic acid groups (broad SMARTS) is 1. The van der Waals surface area contributed by atoms with Crippen LogP contribution in [-0.4, -0.2) is 21.0 Å².